The molecule has 1 aromatic heterocycles. The van der Waals surface area contributed by atoms with Crippen molar-refractivity contribution in [2.24, 2.45) is 5.92 Å². The van der Waals surface area contributed by atoms with Crippen LogP contribution in [0.1, 0.15) is 24.3 Å². The standard InChI is InChI=1S/C29H30ClF2N5O3/c1-35(29(39)40-26-8-6-21(31)14-24(26)32)25-17-37(16-23(25)18-2-4-20(30)5-3-18)28(38)19-10-12-36(13-11-19)27-9-7-22(33)15-34-27/h2-9,14-15,19,23,25H,10-13,16-17,33H2,1H3/t23-,25+/m0/s1. The number of ether oxygens (including phenoxy) is 1. The summed E-state index contributed by atoms with van der Waals surface area (Å²) in [5.74, 6) is -1.60. The highest BCUT2D eigenvalue weighted by Crippen LogP contribution is 2.34. The number of hydrogen-bond donors (Lipinski definition) is 1. The zero-order valence-corrected chi connectivity index (χ0v) is 22.7. The fourth-order valence-electron chi connectivity index (χ4n) is 5.45. The van der Waals surface area contributed by atoms with Gasteiger partial charge in [-0.15, -0.1) is 0 Å². The Morgan fingerprint density at radius 3 is 2.42 bits per heavy atom. The molecule has 11 heteroatoms. The molecule has 2 aliphatic heterocycles. The smallest absolute Gasteiger partial charge is 0.407 e. The van der Waals surface area contributed by atoms with E-state index in [2.05, 4.69) is 9.88 Å². The second kappa shape index (κ2) is 11.7. The number of likely N-dealkylation sites (N-methyl/N-ethyl adjacent to an activating group) is 1. The summed E-state index contributed by atoms with van der Waals surface area (Å²) in [6, 6.07) is 13.3. The average molecular weight is 570 g/mol. The number of benzene rings is 2. The SMILES string of the molecule is CN(C(=O)Oc1ccc(F)cc1F)[C@@H]1CN(C(=O)C2CCN(c3ccc(N)cn3)CC2)C[C@H]1c1ccc(Cl)cc1. The van der Waals surface area contributed by atoms with Gasteiger partial charge in [-0.25, -0.2) is 18.6 Å². The molecule has 0 spiro atoms. The van der Waals surface area contributed by atoms with Gasteiger partial charge in [-0.2, -0.15) is 0 Å². The molecule has 2 N–H and O–H groups in total. The molecule has 8 nitrogen and oxygen atoms in total. The van der Waals surface area contributed by atoms with Crippen LogP contribution in [0.4, 0.5) is 25.1 Å². The van der Waals surface area contributed by atoms with Crippen LogP contribution in [-0.2, 0) is 4.79 Å². The molecule has 5 rings (SSSR count). The molecule has 2 atom stereocenters. The lowest BCUT2D eigenvalue weighted by molar-refractivity contribution is -0.135. The predicted octanol–water partition coefficient (Wildman–Crippen LogP) is 4.94. The molecule has 40 heavy (non-hydrogen) atoms. The van der Waals surface area contributed by atoms with E-state index in [0.29, 0.717) is 55.8 Å². The van der Waals surface area contributed by atoms with Gasteiger partial charge in [0.15, 0.2) is 11.6 Å². The Hall–Kier alpha value is -3.92. The third-order valence-electron chi connectivity index (χ3n) is 7.71. The number of pyridine rings is 1. The molecule has 3 heterocycles. The lowest BCUT2D eigenvalue weighted by Gasteiger charge is -2.34. The summed E-state index contributed by atoms with van der Waals surface area (Å²) in [7, 11) is 1.56. The van der Waals surface area contributed by atoms with E-state index in [4.69, 9.17) is 22.1 Å². The van der Waals surface area contributed by atoms with Crippen molar-refractivity contribution in [1.29, 1.82) is 0 Å². The molecule has 0 aliphatic carbocycles. The zero-order valence-electron chi connectivity index (χ0n) is 22.0. The Balaban J connectivity index is 1.29. The summed E-state index contributed by atoms with van der Waals surface area (Å²) in [5, 5.41) is 0.577. The Labute approximate surface area is 236 Å². The van der Waals surface area contributed by atoms with Crippen molar-refractivity contribution in [1.82, 2.24) is 14.8 Å². The first kappa shape index (κ1) is 27.6. The van der Waals surface area contributed by atoms with Crippen LogP contribution < -0.4 is 15.4 Å². The molecule has 2 saturated heterocycles. The van der Waals surface area contributed by atoms with E-state index < -0.39 is 23.8 Å². The summed E-state index contributed by atoms with van der Waals surface area (Å²) in [6.45, 7) is 2.10. The van der Waals surface area contributed by atoms with E-state index in [1.165, 1.54) is 4.90 Å². The number of rotatable bonds is 5. The Morgan fingerprint density at radius 2 is 1.77 bits per heavy atom. The number of anilines is 2. The number of carbonyl (C=O) groups is 2. The van der Waals surface area contributed by atoms with Gasteiger partial charge >= 0.3 is 6.09 Å². The highest BCUT2D eigenvalue weighted by molar-refractivity contribution is 6.30. The van der Waals surface area contributed by atoms with Crippen LogP contribution in [0.5, 0.6) is 5.75 Å². The Morgan fingerprint density at radius 1 is 1.05 bits per heavy atom. The first-order chi connectivity index (χ1) is 19.2. The van der Waals surface area contributed by atoms with E-state index in [1.54, 1.807) is 30.3 Å². The van der Waals surface area contributed by atoms with Crippen molar-refractivity contribution in [2.75, 3.05) is 43.9 Å². The topological polar surface area (TPSA) is 92.0 Å². The van der Waals surface area contributed by atoms with Crippen LogP contribution in [-0.4, -0.2) is 66.1 Å². The lowest BCUT2D eigenvalue weighted by atomic mass is 9.93. The molecular formula is C29H30ClF2N5O3. The number of hydrogen-bond acceptors (Lipinski definition) is 6. The molecule has 3 aromatic rings. The highest BCUT2D eigenvalue weighted by atomic mass is 35.5. The summed E-state index contributed by atoms with van der Waals surface area (Å²) in [5.41, 5.74) is 7.27. The molecule has 210 valence electrons. The number of amides is 2. The molecule has 0 saturated carbocycles. The van der Waals surface area contributed by atoms with E-state index in [9.17, 15) is 18.4 Å². The van der Waals surface area contributed by atoms with E-state index in [0.717, 1.165) is 23.5 Å². The molecule has 2 aliphatic rings. The molecule has 0 bridgehead atoms. The van der Waals surface area contributed by atoms with Crippen LogP contribution in [0.15, 0.2) is 60.8 Å². The van der Waals surface area contributed by atoms with Gasteiger partial charge in [-0.3, -0.25) is 4.79 Å². The molecular weight excluding hydrogens is 540 g/mol. The number of nitrogens with two attached hydrogens (primary N) is 1. The Bertz CT molecular complexity index is 1370. The van der Waals surface area contributed by atoms with Crippen LogP contribution in [0.25, 0.3) is 0 Å². The van der Waals surface area contributed by atoms with E-state index in [1.807, 2.05) is 24.3 Å². The highest BCUT2D eigenvalue weighted by Gasteiger charge is 2.42. The van der Waals surface area contributed by atoms with Gasteiger partial charge in [0.05, 0.1) is 17.9 Å². The summed E-state index contributed by atoms with van der Waals surface area (Å²) >= 11 is 6.10. The van der Waals surface area contributed by atoms with Gasteiger partial charge in [0, 0.05) is 56.2 Å². The second-order valence-electron chi connectivity index (χ2n) is 10.2. The van der Waals surface area contributed by atoms with Crippen LogP contribution in [0.2, 0.25) is 5.02 Å². The number of nitrogens with zero attached hydrogens (tertiary/aromatic N) is 4. The molecule has 0 unspecified atom stereocenters. The third-order valence-corrected chi connectivity index (χ3v) is 7.97. The minimum absolute atomic E-state index is 0.0396. The lowest BCUT2D eigenvalue weighted by Crippen LogP contribution is -2.45. The normalized spacial score (nSPS) is 19.5. The van der Waals surface area contributed by atoms with Gasteiger partial charge in [-0.05, 0) is 54.8 Å². The number of piperidine rings is 1. The largest absolute Gasteiger partial charge is 0.415 e. The molecule has 2 aromatic carbocycles. The maximum Gasteiger partial charge on any atom is 0.415 e. The summed E-state index contributed by atoms with van der Waals surface area (Å²) in [4.78, 5) is 36.4. The third kappa shape index (κ3) is 5.96. The maximum atomic E-state index is 14.1. The number of nitrogen functional groups attached to an aromatic ring is 1. The first-order valence-electron chi connectivity index (χ1n) is 13.1. The molecule has 2 fully saturated rings. The number of aromatic nitrogens is 1. The Kier molecular flexibility index (Phi) is 8.07. The minimum Gasteiger partial charge on any atom is -0.407 e. The average Bonchev–Trinajstić information content (AvgIpc) is 3.40. The van der Waals surface area contributed by atoms with Gasteiger partial charge in [0.1, 0.15) is 11.6 Å². The van der Waals surface area contributed by atoms with Gasteiger partial charge < -0.3 is 25.2 Å². The molecule has 2 amide bonds. The number of halogens is 3. The van der Waals surface area contributed by atoms with E-state index in [-0.39, 0.29) is 23.5 Å². The maximum absolute atomic E-state index is 14.1. The summed E-state index contributed by atoms with van der Waals surface area (Å²) < 4.78 is 32.7. The predicted molar refractivity (Wildman–Crippen MR) is 148 cm³/mol. The monoisotopic (exact) mass is 569 g/mol. The second-order valence-corrected chi connectivity index (χ2v) is 10.7. The minimum atomic E-state index is -0.972. The quantitative estimate of drug-likeness (QED) is 0.468. The van der Waals surface area contributed by atoms with Crippen LogP contribution >= 0.6 is 11.6 Å². The van der Waals surface area contributed by atoms with Gasteiger partial charge in [0.25, 0.3) is 0 Å². The number of likely N-dealkylation sites (tertiary alicyclic amines) is 1. The zero-order chi connectivity index (χ0) is 28.4. The fourth-order valence-corrected chi connectivity index (χ4v) is 5.58. The van der Waals surface area contributed by atoms with Crippen molar-refractivity contribution in [3.05, 3.63) is 83.0 Å². The number of carbonyl (C=O) groups excluding carboxylic acids is 2. The van der Waals surface area contributed by atoms with Crippen molar-refractivity contribution < 1.29 is 23.1 Å². The molecule has 0 radical (unpaired) electrons. The van der Waals surface area contributed by atoms with Crippen molar-refractivity contribution >= 4 is 35.1 Å². The first-order valence-corrected chi connectivity index (χ1v) is 13.5. The van der Waals surface area contributed by atoms with Crippen molar-refractivity contribution in [3.63, 3.8) is 0 Å². The fraction of sp³-hybridized carbons (Fsp3) is 0.345. The van der Waals surface area contributed by atoms with Crippen LogP contribution in [0.3, 0.4) is 0 Å². The summed E-state index contributed by atoms with van der Waals surface area (Å²) in [6.07, 6.45) is 2.19. The van der Waals surface area contributed by atoms with Crippen molar-refractivity contribution in [2.45, 2.75) is 24.8 Å². The van der Waals surface area contributed by atoms with Crippen LogP contribution in [0, 0.1) is 17.6 Å². The van der Waals surface area contributed by atoms with Gasteiger partial charge in [0.2, 0.25) is 5.91 Å². The van der Waals surface area contributed by atoms with Gasteiger partial charge in [-0.1, -0.05) is 23.7 Å². The van der Waals surface area contributed by atoms with E-state index >= 15 is 0 Å². The van der Waals surface area contributed by atoms with Crippen molar-refractivity contribution in [3.8, 4) is 5.75 Å².